The van der Waals surface area contributed by atoms with Crippen LogP contribution in [0.15, 0.2) is 46.2 Å². The molecule has 0 aliphatic carbocycles. The average Bonchev–Trinajstić information content (AvgIpc) is 2.68. The van der Waals surface area contributed by atoms with Crippen LogP contribution < -0.4 is 10.3 Å². The smallest absolute Gasteiger partial charge is 0.437 e. The van der Waals surface area contributed by atoms with E-state index in [0.29, 0.717) is 11.0 Å². The lowest BCUT2D eigenvalue weighted by Gasteiger charge is -2.19. The first-order valence-corrected chi connectivity index (χ1v) is 10.7. The Kier molecular flexibility index (Phi) is 6.96. The van der Waals surface area contributed by atoms with E-state index >= 15 is 0 Å². The number of nitrogens with one attached hydrogen (secondary N) is 1. The summed E-state index contributed by atoms with van der Waals surface area (Å²) in [5.74, 6) is -2.46. The molecule has 0 radical (unpaired) electrons. The van der Waals surface area contributed by atoms with Crippen molar-refractivity contribution in [2.45, 2.75) is 42.8 Å². The molecule has 0 saturated carbocycles. The van der Waals surface area contributed by atoms with Gasteiger partial charge in [-0.2, -0.15) is 26.3 Å². The summed E-state index contributed by atoms with van der Waals surface area (Å²) in [6.45, 7) is 5.64. The highest BCUT2D eigenvalue weighted by Crippen LogP contribution is 2.41. The molecule has 0 spiro atoms. The highest BCUT2D eigenvalue weighted by molar-refractivity contribution is 8.00. The third-order valence-corrected chi connectivity index (χ3v) is 5.51. The van der Waals surface area contributed by atoms with Crippen LogP contribution in [0.5, 0.6) is 11.5 Å². The summed E-state index contributed by atoms with van der Waals surface area (Å²) in [6, 6.07) is 5.29. The van der Waals surface area contributed by atoms with Gasteiger partial charge in [0.05, 0.1) is 10.6 Å². The molecule has 0 atom stereocenters. The van der Waals surface area contributed by atoms with Crippen LogP contribution in [0.3, 0.4) is 0 Å². The molecule has 1 N–H and O–H groups in total. The van der Waals surface area contributed by atoms with E-state index in [4.69, 9.17) is 16.3 Å². The van der Waals surface area contributed by atoms with E-state index in [9.17, 15) is 31.1 Å². The van der Waals surface area contributed by atoms with Crippen molar-refractivity contribution in [2.24, 2.45) is 0 Å². The van der Waals surface area contributed by atoms with E-state index in [1.54, 1.807) is 12.1 Å². The lowest BCUT2D eigenvalue weighted by atomic mass is 10.2. The molecule has 0 amide bonds. The number of alkyl halides is 6. The predicted molar refractivity (Wildman–Crippen MR) is 115 cm³/mol. The second-order valence-electron chi connectivity index (χ2n) is 7.90. The van der Waals surface area contributed by atoms with Crippen molar-refractivity contribution < 1.29 is 31.1 Å². The van der Waals surface area contributed by atoms with Gasteiger partial charge in [0, 0.05) is 15.8 Å². The van der Waals surface area contributed by atoms with Gasteiger partial charge in [0.15, 0.2) is 11.5 Å². The highest BCUT2D eigenvalue weighted by Gasteiger charge is 2.40. The van der Waals surface area contributed by atoms with E-state index in [1.807, 2.05) is 20.8 Å². The van der Waals surface area contributed by atoms with Gasteiger partial charge < -0.3 is 9.72 Å². The molecule has 0 fully saturated rings. The molecule has 13 heteroatoms. The minimum absolute atomic E-state index is 0.00225. The van der Waals surface area contributed by atoms with Crippen LogP contribution in [-0.4, -0.2) is 19.7 Å². The molecule has 34 heavy (non-hydrogen) atoms. The standard InChI is InChI=1S/C21H16ClF6N3O2S/c1-19(2,3)34-13-5-4-8-29-14(13)17-30-16(21(26,27)28)15(18(32)31-17)33-10-6-7-12(22)11(9-10)20(23,24)25/h4-9H,1-3H3,(H,30,31,32). The fourth-order valence-corrected chi connectivity index (χ4v) is 4.02. The number of aromatic nitrogens is 3. The topological polar surface area (TPSA) is 67.9 Å². The molecule has 0 aliphatic heterocycles. The number of hydrogen-bond donors (Lipinski definition) is 1. The first kappa shape index (κ1) is 25.9. The lowest BCUT2D eigenvalue weighted by molar-refractivity contribution is -0.142. The van der Waals surface area contributed by atoms with E-state index in [2.05, 4.69) is 15.0 Å². The van der Waals surface area contributed by atoms with Crippen LogP contribution in [0.4, 0.5) is 26.3 Å². The number of halogens is 7. The van der Waals surface area contributed by atoms with Crippen molar-refractivity contribution >= 4 is 23.4 Å². The van der Waals surface area contributed by atoms with Gasteiger partial charge in [-0.05, 0) is 30.3 Å². The van der Waals surface area contributed by atoms with Gasteiger partial charge >= 0.3 is 12.4 Å². The van der Waals surface area contributed by atoms with Crippen molar-refractivity contribution in [1.29, 1.82) is 0 Å². The Bertz CT molecular complexity index is 1270. The summed E-state index contributed by atoms with van der Waals surface area (Å²) in [5, 5.41) is -0.683. The van der Waals surface area contributed by atoms with Gasteiger partial charge in [0.25, 0.3) is 5.56 Å². The first-order chi connectivity index (χ1) is 15.6. The molecule has 0 aliphatic rings. The summed E-state index contributed by atoms with van der Waals surface area (Å²) in [4.78, 5) is 22.9. The Morgan fingerprint density at radius 2 is 1.71 bits per heavy atom. The molecule has 0 unspecified atom stereocenters. The van der Waals surface area contributed by atoms with Gasteiger partial charge in [-0.15, -0.1) is 11.8 Å². The zero-order chi connectivity index (χ0) is 25.5. The predicted octanol–water partition coefficient (Wildman–Crippen LogP) is 7.21. The van der Waals surface area contributed by atoms with Crippen LogP contribution in [0.2, 0.25) is 5.02 Å². The Labute approximate surface area is 198 Å². The maximum Gasteiger partial charge on any atom is 0.437 e. The molecule has 3 aromatic rings. The number of nitrogens with zero attached hydrogens (tertiary/aromatic N) is 2. The van der Waals surface area contributed by atoms with Gasteiger partial charge in [-0.1, -0.05) is 32.4 Å². The molecule has 3 rings (SSSR count). The second kappa shape index (κ2) is 9.14. The molecule has 2 heterocycles. The molecule has 0 bridgehead atoms. The maximum absolute atomic E-state index is 13.8. The SMILES string of the molecule is CC(C)(C)Sc1cccnc1-c1nc(C(F)(F)F)c(Oc2ccc(Cl)c(C(F)(F)F)c2)c(=O)[nH]1. The Hall–Kier alpha value is -2.73. The quantitative estimate of drug-likeness (QED) is 0.289. The fourth-order valence-electron chi connectivity index (χ4n) is 2.74. The van der Waals surface area contributed by atoms with Crippen LogP contribution in [-0.2, 0) is 12.4 Å². The van der Waals surface area contributed by atoms with E-state index in [-0.39, 0.29) is 10.4 Å². The number of pyridine rings is 1. The average molecular weight is 524 g/mol. The zero-order valence-electron chi connectivity index (χ0n) is 17.7. The monoisotopic (exact) mass is 523 g/mol. The van der Waals surface area contributed by atoms with Gasteiger partial charge in [-0.3, -0.25) is 9.78 Å². The summed E-state index contributed by atoms with van der Waals surface area (Å²) < 4.78 is 85.3. The minimum Gasteiger partial charge on any atom is -0.449 e. The first-order valence-electron chi connectivity index (χ1n) is 9.47. The van der Waals surface area contributed by atoms with E-state index in [0.717, 1.165) is 12.1 Å². The fraction of sp³-hybridized carbons (Fsp3) is 0.286. The lowest BCUT2D eigenvalue weighted by Crippen LogP contribution is -2.21. The van der Waals surface area contributed by atoms with Gasteiger partial charge in [0.1, 0.15) is 11.4 Å². The van der Waals surface area contributed by atoms with Crippen LogP contribution in [0, 0.1) is 0 Å². The summed E-state index contributed by atoms with van der Waals surface area (Å²) >= 11 is 6.82. The second-order valence-corrected chi connectivity index (χ2v) is 10.2. The van der Waals surface area contributed by atoms with Gasteiger partial charge in [-0.25, -0.2) is 4.98 Å². The number of rotatable bonds is 4. The molecular formula is C21H16ClF6N3O2S. The highest BCUT2D eigenvalue weighted by atomic mass is 35.5. The van der Waals surface area contributed by atoms with Crippen molar-refractivity contribution in [3.63, 3.8) is 0 Å². The normalized spacial score (nSPS) is 12.6. The van der Waals surface area contributed by atoms with Crippen molar-refractivity contribution in [2.75, 3.05) is 0 Å². The minimum atomic E-state index is -5.16. The molecule has 182 valence electrons. The Morgan fingerprint density at radius 1 is 1.03 bits per heavy atom. The van der Waals surface area contributed by atoms with Crippen LogP contribution >= 0.6 is 23.4 Å². The summed E-state index contributed by atoms with van der Waals surface area (Å²) in [5.41, 5.74) is -4.40. The van der Waals surface area contributed by atoms with E-state index in [1.165, 1.54) is 18.0 Å². The number of H-pyrrole nitrogens is 1. The van der Waals surface area contributed by atoms with Crippen LogP contribution in [0.25, 0.3) is 11.5 Å². The zero-order valence-corrected chi connectivity index (χ0v) is 19.3. The third kappa shape index (κ3) is 6.03. The maximum atomic E-state index is 13.8. The Morgan fingerprint density at radius 3 is 2.29 bits per heavy atom. The molecule has 5 nitrogen and oxygen atoms in total. The largest absolute Gasteiger partial charge is 0.449 e. The van der Waals surface area contributed by atoms with Crippen molar-refractivity contribution in [1.82, 2.24) is 15.0 Å². The van der Waals surface area contributed by atoms with Gasteiger partial charge in [0.2, 0.25) is 5.75 Å². The Balaban J connectivity index is 2.14. The third-order valence-electron chi connectivity index (χ3n) is 4.02. The summed E-state index contributed by atoms with van der Waals surface area (Å²) in [6.07, 6.45) is -8.73. The van der Waals surface area contributed by atoms with Crippen molar-refractivity contribution in [3.05, 3.63) is 63.2 Å². The summed E-state index contributed by atoms with van der Waals surface area (Å²) in [7, 11) is 0. The van der Waals surface area contributed by atoms with Crippen molar-refractivity contribution in [3.8, 4) is 23.0 Å². The number of hydrogen-bond acceptors (Lipinski definition) is 5. The molecule has 1 aromatic carbocycles. The number of benzene rings is 1. The molecular weight excluding hydrogens is 508 g/mol. The number of aromatic amines is 1. The number of ether oxygens (including phenoxy) is 1. The van der Waals surface area contributed by atoms with Crippen LogP contribution in [0.1, 0.15) is 32.0 Å². The molecule has 2 aromatic heterocycles. The molecule has 0 saturated heterocycles. The number of thioether (sulfide) groups is 1. The van der Waals surface area contributed by atoms with E-state index < -0.39 is 51.5 Å².